The first-order valence-electron chi connectivity index (χ1n) is 6.88. The molecular weight excluding hydrogens is 314 g/mol. The standard InChI is InChI=1S/C13H15ClF2N6/c14-10-7-17-9-19-12(10)21-5-3-20(4-6-21)8-11-18-1-2-22(11)13(15)16/h1-2,7,9,13H,3-6,8H2. The molecule has 6 nitrogen and oxygen atoms in total. The Morgan fingerprint density at radius 3 is 2.64 bits per heavy atom. The van der Waals surface area contributed by atoms with Crippen LogP contribution in [0.3, 0.4) is 0 Å². The molecule has 118 valence electrons. The lowest BCUT2D eigenvalue weighted by Crippen LogP contribution is -2.46. The molecule has 2 aromatic rings. The van der Waals surface area contributed by atoms with E-state index in [0.717, 1.165) is 30.7 Å². The first-order chi connectivity index (χ1) is 10.6. The van der Waals surface area contributed by atoms with Gasteiger partial charge in [0.25, 0.3) is 0 Å². The highest BCUT2D eigenvalue weighted by atomic mass is 35.5. The van der Waals surface area contributed by atoms with Gasteiger partial charge in [0.15, 0.2) is 5.82 Å². The third-order valence-corrected chi connectivity index (χ3v) is 3.91. The van der Waals surface area contributed by atoms with Gasteiger partial charge in [0.2, 0.25) is 0 Å². The summed E-state index contributed by atoms with van der Waals surface area (Å²) in [7, 11) is 0. The Morgan fingerprint density at radius 2 is 1.95 bits per heavy atom. The average Bonchev–Trinajstić information content (AvgIpc) is 2.97. The van der Waals surface area contributed by atoms with Crippen LogP contribution in [0, 0.1) is 0 Å². The van der Waals surface area contributed by atoms with Crippen molar-refractivity contribution in [2.75, 3.05) is 31.1 Å². The Hall–Kier alpha value is -1.80. The highest BCUT2D eigenvalue weighted by molar-refractivity contribution is 6.32. The normalized spacial score (nSPS) is 16.5. The number of hydrogen-bond donors (Lipinski definition) is 0. The number of piperazine rings is 1. The minimum absolute atomic E-state index is 0.378. The Labute approximate surface area is 131 Å². The van der Waals surface area contributed by atoms with E-state index in [1.54, 1.807) is 6.20 Å². The van der Waals surface area contributed by atoms with E-state index in [-0.39, 0.29) is 0 Å². The van der Waals surface area contributed by atoms with E-state index in [9.17, 15) is 8.78 Å². The molecule has 9 heteroatoms. The Kier molecular flexibility index (Phi) is 4.49. The van der Waals surface area contributed by atoms with Gasteiger partial charge in [-0.3, -0.25) is 9.47 Å². The van der Waals surface area contributed by atoms with Crippen LogP contribution in [0.2, 0.25) is 5.02 Å². The van der Waals surface area contributed by atoms with Crippen molar-refractivity contribution in [3.8, 4) is 0 Å². The largest absolute Gasteiger partial charge is 0.353 e. The van der Waals surface area contributed by atoms with Crippen LogP contribution in [0.15, 0.2) is 24.9 Å². The van der Waals surface area contributed by atoms with Crippen molar-refractivity contribution in [2.45, 2.75) is 13.1 Å². The van der Waals surface area contributed by atoms with Gasteiger partial charge in [0, 0.05) is 38.6 Å². The minimum Gasteiger partial charge on any atom is -0.353 e. The van der Waals surface area contributed by atoms with Crippen LogP contribution in [-0.4, -0.2) is 50.6 Å². The van der Waals surface area contributed by atoms with E-state index in [1.165, 1.54) is 18.7 Å². The lowest BCUT2D eigenvalue weighted by Gasteiger charge is -2.35. The van der Waals surface area contributed by atoms with Crippen molar-refractivity contribution in [3.63, 3.8) is 0 Å². The zero-order valence-electron chi connectivity index (χ0n) is 11.7. The van der Waals surface area contributed by atoms with Gasteiger partial charge in [-0.2, -0.15) is 8.78 Å². The van der Waals surface area contributed by atoms with Crippen molar-refractivity contribution in [1.82, 2.24) is 24.4 Å². The second-order valence-corrected chi connectivity index (χ2v) is 5.39. The summed E-state index contributed by atoms with van der Waals surface area (Å²) in [5.41, 5.74) is 0. The zero-order valence-corrected chi connectivity index (χ0v) is 12.5. The zero-order chi connectivity index (χ0) is 15.5. The van der Waals surface area contributed by atoms with Crippen LogP contribution < -0.4 is 4.90 Å². The number of nitrogens with zero attached hydrogens (tertiary/aromatic N) is 6. The van der Waals surface area contributed by atoms with Gasteiger partial charge >= 0.3 is 6.55 Å². The molecule has 1 aliphatic rings. The van der Waals surface area contributed by atoms with Gasteiger partial charge < -0.3 is 4.90 Å². The van der Waals surface area contributed by atoms with E-state index in [0.29, 0.717) is 23.2 Å². The van der Waals surface area contributed by atoms with Crippen molar-refractivity contribution < 1.29 is 8.78 Å². The molecular formula is C13H15ClF2N6. The Balaban J connectivity index is 1.60. The number of hydrogen-bond acceptors (Lipinski definition) is 5. The van der Waals surface area contributed by atoms with Crippen LogP contribution in [0.1, 0.15) is 12.4 Å². The van der Waals surface area contributed by atoms with E-state index < -0.39 is 6.55 Å². The van der Waals surface area contributed by atoms with E-state index >= 15 is 0 Å². The lowest BCUT2D eigenvalue weighted by molar-refractivity contribution is 0.0637. The molecule has 3 heterocycles. The molecule has 1 aliphatic heterocycles. The quantitative estimate of drug-likeness (QED) is 0.859. The molecule has 0 N–H and O–H groups in total. The van der Waals surface area contributed by atoms with Gasteiger partial charge in [-0.25, -0.2) is 15.0 Å². The monoisotopic (exact) mass is 328 g/mol. The molecule has 0 bridgehead atoms. The highest BCUT2D eigenvalue weighted by Crippen LogP contribution is 2.23. The molecule has 0 atom stereocenters. The van der Waals surface area contributed by atoms with Crippen LogP contribution in [-0.2, 0) is 6.54 Å². The fourth-order valence-corrected chi connectivity index (χ4v) is 2.73. The molecule has 0 radical (unpaired) electrons. The maximum atomic E-state index is 12.8. The third kappa shape index (κ3) is 3.17. The van der Waals surface area contributed by atoms with Crippen molar-refractivity contribution in [2.24, 2.45) is 0 Å². The second-order valence-electron chi connectivity index (χ2n) is 4.99. The van der Waals surface area contributed by atoms with E-state index in [4.69, 9.17) is 11.6 Å². The molecule has 0 saturated carbocycles. The molecule has 22 heavy (non-hydrogen) atoms. The molecule has 2 aromatic heterocycles. The Morgan fingerprint density at radius 1 is 1.18 bits per heavy atom. The van der Waals surface area contributed by atoms with Crippen molar-refractivity contribution in [3.05, 3.63) is 35.8 Å². The number of alkyl halides is 2. The number of halogens is 3. The maximum absolute atomic E-state index is 12.8. The molecule has 1 saturated heterocycles. The van der Waals surface area contributed by atoms with Crippen LogP contribution in [0.5, 0.6) is 0 Å². The number of anilines is 1. The first kappa shape index (κ1) is 15.1. The molecule has 3 rings (SSSR count). The van der Waals surface area contributed by atoms with Gasteiger partial charge in [-0.05, 0) is 0 Å². The summed E-state index contributed by atoms with van der Waals surface area (Å²) in [6.45, 7) is 0.770. The number of rotatable bonds is 4. The third-order valence-electron chi connectivity index (χ3n) is 3.64. The minimum atomic E-state index is -2.56. The average molecular weight is 329 g/mol. The number of aromatic nitrogens is 4. The summed E-state index contributed by atoms with van der Waals surface area (Å²) >= 11 is 6.09. The van der Waals surface area contributed by atoms with Gasteiger partial charge in [0.05, 0.1) is 12.7 Å². The topological polar surface area (TPSA) is 50.1 Å². The van der Waals surface area contributed by atoms with Crippen LogP contribution in [0.4, 0.5) is 14.6 Å². The summed E-state index contributed by atoms with van der Waals surface area (Å²) in [5, 5.41) is 0.518. The number of imidazole rings is 1. The van der Waals surface area contributed by atoms with E-state index in [2.05, 4.69) is 24.8 Å². The maximum Gasteiger partial charge on any atom is 0.319 e. The summed E-state index contributed by atoms with van der Waals surface area (Å²) in [4.78, 5) is 16.2. The smallest absolute Gasteiger partial charge is 0.319 e. The summed E-state index contributed by atoms with van der Waals surface area (Å²) in [5.74, 6) is 1.09. The molecule has 0 unspecified atom stereocenters. The predicted molar refractivity (Wildman–Crippen MR) is 78.0 cm³/mol. The van der Waals surface area contributed by atoms with Gasteiger partial charge in [-0.15, -0.1) is 0 Å². The van der Waals surface area contributed by atoms with Crippen LogP contribution >= 0.6 is 11.6 Å². The Bertz CT molecular complexity index is 626. The molecule has 0 aromatic carbocycles. The summed E-state index contributed by atoms with van der Waals surface area (Å²) < 4.78 is 26.5. The second kappa shape index (κ2) is 6.53. The summed E-state index contributed by atoms with van der Waals surface area (Å²) in [6, 6.07) is 0. The molecule has 1 fully saturated rings. The van der Waals surface area contributed by atoms with Gasteiger partial charge in [-0.1, -0.05) is 11.6 Å². The summed E-state index contributed by atoms with van der Waals surface area (Å²) in [6.07, 6.45) is 5.73. The van der Waals surface area contributed by atoms with Crippen molar-refractivity contribution >= 4 is 17.4 Å². The lowest BCUT2D eigenvalue weighted by atomic mass is 10.3. The first-order valence-corrected chi connectivity index (χ1v) is 7.25. The SMILES string of the molecule is FC(F)n1ccnc1CN1CCN(c2ncncc2Cl)CC1. The predicted octanol–water partition coefficient (Wildman–Crippen LogP) is 2.04. The fourth-order valence-electron chi connectivity index (χ4n) is 2.50. The fraction of sp³-hybridized carbons (Fsp3) is 0.462. The highest BCUT2D eigenvalue weighted by Gasteiger charge is 2.22. The van der Waals surface area contributed by atoms with Crippen molar-refractivity contribution in [1.29, 1.82) is 0 Å². The van der Waals surface area contributed by atoms with Gasteiger partial charge in [0.1, 0.15) is 17.2 Å². The molecule has 0 spiro atoms. The van der Waals surface area contributed by atoms with E-state index in [1.807, 2.05) is 0 Å². The molecule has 0 amide bonds. The van der Waals surface area contributed by atoms with Crippen LogP contribution in [0.25, 0.3) is 0 Å². The molecule has 0 aliphatic carbocycles.